The molecule has 0 saturated carbocycles. The largest absolute Gasteiger partial charge is 0.385 e. The summed E-state index contributed by atoms with van der Waals surface area (Å²) >= 11 is 0. The van der Waals surface area contributed by atoms with Gasteiger partial charge in [-0.3, -0.25) is 4.98 Å². The lowest BCUT2D eigenvalue weighted by Crippen LogP contribution is -1.94. The summed E-state index contributed by atoms with van der Waals surface area (Å²) in [5.41, 5.74) is 3.67. The van der Waals surface area contributed by atoms with Gasteiger partial charge in [0.15, 0.2) is 0 Å². The lowest BCUT2D eigenvalue weighted by atomic mass is 9.99. The Morgan fingerprint density at radius 1 is 1.00 bits per heavy atom. The van der Waals surface area contributed by atoms with Crippen LogP contribution in [-0.2, 0) is 11.2 Å². The molecule has 0 aliphatic heterocycles. The molecule has 0 aliphatic carbocycles. The van der Waals surface area contributed by atoms with Gasteiger partial charge in [-0.25, -0.2) is 0 Å². The molecule has 0 fully saturated rings. The molecule has 2 heteroatoms. The van der Waals surface area contributed by atoms with Gasteiger partial charge in [-0.05, 0) is 37.0 Å². The highest BCUT2D eigenvalue weighted by Gasteiger charge is 2.04. The minimum atomic E-state index is 0.839. The molecule has 2 nitrogen and oxygen atoms in total. The molecule has 0 radical (unpaired) electrons. The molecule has 0 spiro atoms. The Bertz CT molecular complexity index is 468. The van der Waals surface area contributed by atoms with Crippen molar-refractivity contribution in [1.82, 2.24) is 4.98 Å². The number of hydrogen-bond donors (Lipinski definition) is 0. The molecule has 0 unspecified atom stereocenters. The van der Waals surface area contributed by atoms with Gasteiger partial charge in [-0.1, -0.05) is 30.3 Å². The van der Waals surface area contributed by atoms with Crippen molar-refractivity contribution in [1.29, 1.82) is 0 Å². The highest BCUT2D eigenvalue weighted by molar-refractivity contribution is 5.63. The van der Waals surface area contributed by atoms with Crippen molar-refractivity contribution in [2.45, 2.75) is 19.3 Å². The topological polar surface area (TPSA) is 22.1 Å². The van der Waals surface area contributed by atoms with Crippen molar-refractivity contribution in [2.24, 2.45) is 0 Å². The van der Waals surface area contributed by atoms with Crippen molar-refractivity contribution in [3.8, 4) is 11.3 Å². The Balaban J connectivity index is 2.11. The fraction of sp³-hybridized carbons (Fsp3) is 0.312. The molecule has 0 aliphatic rings. The van der Waals surface area contributed by atoms with Crippen LogP contribution in [0, 0.1) is 0 Å². The first-order valence-electron chi connectivity index (χ1n) is 6.40. The first-order chi connectivity index (χ1) is 8.92. The van der Waals surface area contributed by atoms with E-state index in [0.717, 1.165) is 31.6 Å². The molecule has 0 N–H and O–H groups in total. The first kappa shape index (κ1) is 12.8. The highest BCUT2D eigenvalue weighted by atomic mass is 16.5. The third-order valence-corrected chi connectivity index (χ3v) is 3.00. The number of unbranched alkanes of at least 4 members (excludes halogenated alkanes) is 1. The molecule has 1 aromatic carbocycles. The molecule has 2 aromatic rings. The van der Waals surface area contributed by atoms with Gasteiger partial charge in [0.25, 0.3) is 0 Å². The summed E-state index contributed by atoms with van der Waals surface area (Å²) < 4.78 is 5.08. The standard InChI is InChI=1S/C16H19NO/c1-18-13-7-5-9-14-8-2-3-10-15(14)16-11-4-6-12-17-16/h2-4,6,8,10-12H,5,7,9,13H2,1H3. The lowest BCUT2D eigenvalue weighted by Gasteiger charge is -2.08. The third-order valence-electron chi connectivity index (χ3n) is 3.00. The molecule has 0 saturated heterocycles. The van der Waals surface area contributed by atoms with E-state index >= 15 is 0 Å². The number of ether oxygens (including phenoxy) is 1. The van der Waals surface area contributed by atoms with Crippen molar-refractivity contribution < 1.29 is 4.74 Å². The van der Waals surface area contributed by atoms with Gasteiger partial charge in [0.2, 0.25) is 0 Å². The monoisotopic (exact) mass is 241 g/mol. The second-order valence-electron chi connectivity index (χ2n) is 4.32. The van der Waals surface area contributed by atoms with Crippen LogP contribution in [0.15, 0.2) is 48.7 Å². The second-order valence-corrected chi connectivity index (χ2v) is 4.32. The predicted molar refractivity (Wildman–Crippen MR) is 74.5 cm³/mol. The number of pyridine rings is 1. The van der Waals surface area contributed by atoms with Crippen LogP contribution in [0.4, 0.5) is 0 Å². The minimum Gasteiger partial charge on any atom is -0.385 e. The van der Waals surface area contributed by atoms with Crippen molar-refractivity contribution in [3.05, 3.63) is 54.2 Å². The van der Waals surface area contributed by atoms with Crippen LogP contribution in [0.3, 0.4) is 0 Å². The molecular weight excluding hydrogens is 222 g/mol. The van der Waals surface area contributed by atoms with E-state index in [1.165, 1.54) is 11.1 Å². The zero-order valence-corrected chi connectivity index (χ0v) is 10.8. The average molecular weight is 241 g/mol. The number of benzene rings is 1. The quantitative estimate of drug-likeness (QED) is 0.719. The summed E-state index contributed by atoms with van der Waals surface area (Å²) in [6.45, 7) is 0.839. The Morgan fingerprint density at radius 3 is 2.61 bits per heavy atom. The van der Waals surface area contributed by atoms with E-state index in [-0.39, 0.29) is 0 Å². The maximum atomic E-state index is 5.08. The van der Waals surface area contributed by atoms with Crippen LogP contribution in [0.2, 0.25) is 0 Å². The van der Waals surface area contributed by atoms with Crippen LogP contribution >= 0.6 is 0 Å². The molecule has 1 aromatic heterocycles. The van der Waals surface area contributed by atoms with Crippen LogP contribution in [0.1, 0.15) is 18.4 Å². The number of aryl methyl sites for hydroxylation is 1. The Labute approximate surface area is 109 Å². The number of rotatable bonds is 6. The van der Waals surface area contributed by atoms with Crippen LogP contribution < -0.4 is 0 Å². The van der Waals surface area contributed by atoms with E-state index in [9.17, 15) is 0 Å². The Kier molecular flexibility index (Phi) is 4.91. The summed E-state index contributed by atoms with van der Waals surface area (Å²) in [4.78, 5) is 4.43. The fourth-order valence-corrected chi connectivity index (χ4v) is 2.07. The summed E-state index contributed by atoms with van der Waals surface area (Å²) in [6.07, 6.45) is 5.18. The van der Waals surface area contributed by atoms with E-state index in [4.69, 9.17) is 4.74 Å². The summed E-state index contributed by atoms with van der Waals surface area (Å²) in [6, 6.07) is 14.5. The van der Waals surface area contributed by atoms with Gasteiger partial charge in [0.1, 0.15) is 0 Å². The van der Waals surface area contributed by atoms with Crippen LogP contribution in [0.25, 0.3) is 11.3 Å². The maximum Gasteiger partial charge on any atom is 0.0704 e. The van der Waals surface area contributed by atoms with E-state index in [1.54, 1.807) is 7.11 Å². The molecule has 2 rings (SSSR count). The normalized spacial score (nSPS) is 10.5. The van der Waals surface area contributed by atoms with Crippen molar-refractivity contribution >= 4 is 0 Å². The van der Waals surface area contributed by atoms with E-state index in [1.807, 2.05) is 18.3 Å². The average Bonchev–Trinajstić information content (AvgIpc) is 2.45. The number of methoxy groups -OCH3 is 1. The van der Waals surface area contributed by atoms with Gasteiger partial charge >= 0.3 is 0 Å². The van der Waals surface area contributed by atoms with Gasteiger partial charge in [0.05, 0.1) is 5.69 Å². The fourth-order valence-electron chi connectivity index (χ4n) is 2.07. The molecule has 94 valence electrons. The molecule has 0 bridgehead atoms. The molecule has 0 amide bonds. The van der Waals surface area contributed by atoms with E-state index in [0.29, 0.717) is 0 Å². The van der Waals surface area contributed by atoms with Crippen molar-refractivity contribution in [3.63, 3.8) is 0 Å². The Morgan fingerprint density at radius 2 is 1.83 bits per heavy atom. The summed E-state index contributed by atoms with van der Waals surface area (Å²) in [5.74, 6) is 0. The van der Waals surface area contributed by atoms with Gasteiger partial charge < -0.3 is 4.74 Å². The molecule has 18 heavy (non-hydrogen) atoms. The number of aromatic nitrogens is 1. The van der Waals surface area contributed by atoms with Crippen LogP contribution in [-0.4, -0.2) is 18.7 Å². The SMILES string of the molecule is COCCCCc1ccccc1-c1ccccn1. The Hall–Kier alpha value is -1.67. The highest BCUT2D eigenvalue weighted by Crippen LogP contribution is 2.22. The zero-order chi connectivity index (χ0) is 12.6. The zero-order valence-electron chi connectivity index (χ0n) is 10.8. The number of hydrogen-bond acceptors (Lipinski definition) is 2. The summed E-state index contributed by atoms with van der Waals surface area (Å²) in [7, 11) is 1.75. The third kappa shape index (κ3) is 3.41. The van der Waals surface area contributed by atoms with Gasteiger partial charge in [-0.2, -0.15) is 0 Å². The summed E-state index contributed by atoms with van der Waals surface area (Å²) in [5, 5.41) is 0. The second kappa shape index (κ2) is 6.92. The number of nitrogens with zero attached hydrogens (tertiary/aromatic N) is 1. The van der Waals surface area contributed by atoms with Crippen molar-refractivity contribution in [2.75, 3.05) is 13.7 Å². The van der Waals surface area contributed by atoms with Crippen LogP contribution in [0.5, 0.6) is 0 Å². The van der Waals surface area contributed by atoms with E-state index in [2.05, 4.69) is 35.3 Å². The van der Waals surface area contributed by atoms with Gasteiger partial charge in [-0.15, -0.1) is 0 Å². The molecule has 0 atom stereocenters. The maximum absolute atomic E-state index is 5.08. The predicted octanol–water partition coefficient (Wildman–Crippen LogP) is 3.72. The minimum absolute atomic E-state index is 0.839. The molecule has 1 heterocycles. The van der Waals surface area contributed by atoms with Gasteiger partial charge in [0, 0.05) is 25.5 Å². The van der Waals surface area contributed by atoms with E-state index < -0.39 is 0 Å². The first-order valence-corrected chi connectivity index (χ1v) is 6.40. The smallest absolute Gasteiger partial charge is 0.0704 e. The molecular formula is C16H19NO. The lowest BCUT2D eigenvalue weighted by molar-refractivity contribution is 0.193.